The van der Waals surface area contributed by atoms with Crippen molar-refractivity contribution < 1.29 is 27.5 Å². The monoisotopic (exact) mass is 223 g/mol. The molecule has 1 aliphatic heterocycles. The molecule has 84 valence electrons. The summed E-state index contributed by atoms with van der Waals surface area (Å²) in [6, 6.07) is -0.976. The molecule has 1 unspecified atom stereocenters. The number of nitrogens with zero attached hydrogens (tertiary/aromatic N) is 1. The molecule has 0 aromatic carbocycles. The molecule has 1 atom stereocenters. The summed E-state index contributed by atoms with van der Waals surface area (Å²) in [5.41, 5.74) is 0.663. The third-order valence-electron chi connectivity index (χ3n) is 1.85. The lowest BCUT2D eigenvalue weighted by Crippen LogP contribution is -2.31. The van der Waals surface area contributed by atoms with Crippen molar-refractivity contribution in [2.75, 3.05) is 0 Å². The van der Waals surface area contributed by atoms with Crippen molar-refractivity contribution in [3.05, 3.63) is 0 Å². The first-order valence-corrected chi connectivity index (χ1v) is 4.17. The number of alkyl halides is 3. The number of aliphatic imine (C=N–C) groups is 1. The second kappa shape index (κ2) is 4.00. The topological polar surface area (TPSA) is 55.7 Å². The molecule has 0 aliphatic carbocycles. The Morgan fingerprint density at radius 1 is 1.47 bits per heavy atom. The van der Waals surface area contributed by atoms with Crippen LogP contribution in [0.4, 0.5) is 13.2 Å². The van der Waals surface area contributed by atoms with Gasteiger partial charge in [-0.3, -0.25) is 4.99 Å². The molecule has 0 bridgehead atoms. The number of rotatable bonds is 1. The zero-order valence-electron chi connectivity index (χ0n) is 7.80. The molecular formula is C8H8F3NO3. The highest BCUT2D eigenvalue weighted by Crippen LogP contribution is 2.19. The van der Waals surface area contributed by atoms with E-state index in [0.717, 1.165) is 0 Å². The van der Waals surface area contributed by atoms with Gasteiger partial charge < -0.3 is 4.74 Å². The zero-order valence-corrected chi connectivity index (χ0v) is 7.80. The van der Waals surface area contributed by atoms with Gasteiger partial charge in [0, 0.05) is 5.71 Å². The molecular weight excluding hydrogens is 215 g/mol. The molecule has 0 aromatic rings. The summed E-state index contributed by atoms with van der Waals surface area (Å²) < 4.78 is 38.8. The summed E-state index contributed by atoms with van der Waals surface area (Å²) in [4.78, 5) is 25.0. The fourth-order valence-electron chi connectivity index (χ4n) is 1.13. The van der Waals surface area contributed by atoms with Gasteiger partial charge in [0.15, 0.2) is 0 Å². The molecule has 4 nitrogen and oxygen atoms in total. The van der Waals surface area contributed by atoms with Gasteiger partial charge in [0.2, 0.25) is 0 Å². The molecule has 0 fully saturated rings. The molecule has 1 rings (SSSR count). The first-order valence-electron chi connectivity index (χ1n) is 4.17. The third kappa shape index (κ3) is 3.03. The summed E-state index contributed by atoms with van der Waals surface area (Å²) in [6.07, 6.45) is -4.33. The van der Waals surface area contributed by atoms with E-state index in [4.69, 9.17) is 0 Å². The van der Waals surface area contributed by atoms with Crippen LogP contribution < -0.4 is 0 Å². The van der Waals surface area contributed by atoms with Crippen LogP contribution in [0.3, 0.4) is 0 Å². The molecule has 0 radical (unpaired) electrons. The van der Waals surface area contributed by atoms with Crippen molar-refractivity contribution in [2.24, 2.45) is 4.99 Å². The minimum absolute atomic E-state index is 0.288. The first-order chi connectivity index (χ1) is 6.80. The van der Waals surface area contributed by atoms with E-state index < -0.39 is 24.2 Å². The van der Waals surface area contributed by atoms with E-state index in [1.807, 2.05) is 0 Å². The van der Waals surface area contributed by atoms with Gasteiger partial charge in [-0.05, 0) is 19.8 Å². The van der Waals surface area contributed by atoms with Crippen molar-refractivity contribution in [3.63, 3.8) is 0 Å². The summed E-state index contributed by atoms with van der Waals surface area (Å²) in [7, 11) is 0. The number of esters is 2. The molecule has 1 heterocycles. The first kappa shape index (κ1) is 11.7. The standard InChI is InChI=1S/C8H8F3NO3/c1-4-2-3-5(12-4)6(13)15-7(14)8(9,10)11/h5H,2-3H2,1H3. The maximum atomic E-state index is 11.7. The van der Waals surface area contributed by atoms with E-state index in [9.17, 15) is 22.8 Å². The Morgan fingerprint density at radius 2 is 2.07 bits per heavy atom. The van der Waals surface area contributed by atoms with Crippen molar-refractivity contribution >= 4 is 17.7 Å². The van der Waals surface area contributed by atoms with Gasteiger partial charge in [0.05, 0.1) is 0 Å². The van der Waals surface area contributed by atoms with E-state index in [0.29, 0.717) is 12.1 Å². The summed E-state index contributed by atoms with van der Waals surface area (Å²) >= 11 is 0. The van der Waals surface area contributed by atoms with E-state index in [1.54, 1.807) is 6.92 Å². The lowest BCUT2D eigenvalue weighted by Gasteiger charge is -2.07. The van der Waals surface area contributed by atoms with E-state index in [1.165, 1.54) is 0 Å². The van der Waals surface area contributed by atoms with Crippen molar-refractivity contribution in [1.29, 1.82) is 0 Å². The minimum Gasteiger partial charge on any atom is -0.385 e. The van der Waals surface area contributed by atoms with E-state index in [2.05, 4.69) is 9.73 Å². The Balaban J connectivity index is 2.54. The van der Waals surface area contributed by atoms with Crippen LogP contribution >= 0.6 is 0 Å². The number of hydrogen-bond acceptors (Lipinski definition) is 4. The van der Waals surface area contributed by atoms with Gasteiger partial charge >= 0.3 is 18.1 Å². The quantitative estimate of drug-likeness (QED) is 0.496. The van der Waals surface area contributed by atoms with Crippen LogP contribution in [0.1, 0.15) is 19.8 Å². The summed E-state index contributed by atoms with van der Waals surface area (Å²) in [6.45, 7) is 1.65. The van der Waals surface area contributed by atoms with Crippen LogP contribution in [0.15, 0.2) is 4.99 Å². The van der Waals surface area contributed by atoms with Gasteiger partial charge in [-0.15, -0.1) is 0 Å². The predicted molar refractivity (Wildman–Crippen MR) is 43.3 cm³/mol. The van der Waals surface area contributed by atoms with Crippen LogP contribution in [0, 0.1) is 0 Å². The second-order valence-electron chi connectivity index (χ2n) is 3.13. The van der Waals surface area contributed by atoms with Gasteiger partial charge in [0.1, 0.15) is 6.04 Å². The van der Waals surface area contributed by atoms with Crippen LogP contribution in [0.25, 0.3) is 0 Å². The van der Waals surface area contributed by atoms with Crippen molar-refractivity contribution in [1.82, 2.24) is 0 Å². The molecule has 7 heteroatoms. The molecule has 0 spiro atoms. The van der Waals surface area contributed by atoms with Crippen molar-refractivity contribution in [2.45, 2.75) is 32.0 Å². The maximum Gasteiger partial charge on any atom is 0.491 e. The molecule has 0 N–H and O–H groups in total. The Morgan fingerprint density at radius 3 is 2.47 bits per heavy atom. The molecule has 0 saturated heterocycles. The average Bonchev–Trinajstić information content (AvgIpc) is 2.50. The Hall–Kier alpha value is -1.40. The number of carbonyl (C=O) groups is 2. The van der Waals surface area contributed by atoms with E-state index in [-0.39, 0.29) is 6.42 Å². The van der Waals surface area contributed by atoms with Crippen LogP contribution in [0.5, 0.6) is 0 Å². The predicted octanol–water partition coefficient (Wildman–Crippen LogP) is 1.24. The smallest absolute Gasteiger partial charge is 0.385 e. The Labute approximate surface area is 83.1 Å². The SMILES string of the molecule is CC1=NC(C(=O)OC(=O)C(F)(F)F)CC1. The number of halogens is 3. The average molecular weight is 223 g/mol. The third-order valence-corrected chi connectivity index (χ3v) is 1.85. The fraction of sp³-hybridized carbons (Fsp3) is 0.625. The minimum atomic E-state index is -5.15. The van der Waals surface area contributed by atoms with Crippen LogP contribution in [0.2, 0.25) is 0 Å². The molecule has 0 aromatic heterocycles. The molecule has 15 heavy (non-hydrogen) atoms. The number of hydrogen-bond donors (Lipinski definition) is 0. The second-order valence-corrected chi connectivity index (χ2v) is 3.13. The maximum absolute atomic E-state index is 11.7. The fourth-order valence-corrected chi connectivity index (χ4v) is 1.13. The number of carbonyl (C=O) groups excluding carboxylic acids is 2. The summed E-state index contributed by atoms with van der Waals surface area (Å²) in [5.74, 6) is -3.73. The zero-order chi connectivity index (χ0) is 11.6. The highest BCUT2D eigenvalue weighted by molar-refractivity contribution is 5.94. The van der Waals surface area contributed by atoms with Crippen LogP contribution in [-0.2, 0) is 14.3 Å². The largest absolute Gasteiger partial charge is 0.491 e. The molecule has 0 saturated carbocycles. The van der Waals surface area contributed by atoms with Crippen LogP contribution in [-0.4, -0.2) is 29.9 Å². The number of ether oxygens (including phenoxy) is 1. The molecule has 0 amide bonds. The van der Waals surface area contributed by atoms with Gasteiger partial charge in [0.25, 0.3) is 0 Å². The Bertz CT molecular complexity index is 322. The summed E-state index contributed by atoms with van der Waals surface area (Å²) in [5, 5.41) is 0. The lowest BCUT2D eigenvalue weighted by atomic mass is 10.2. The molecule has 1 aliphatic rings. The lowest BCUT2D eigenvalue weighted by molar-refractivity contribution is -0.202. The van der Waals surface area contributed by atoms with Gasteiger partial charge in [-0.2, -0.15) is 13.2 Å². The highest BCUT2D eigenvalue weighted by atomic mass is 19.4. The highest BCUT2D eigenvalue weighted by Gasteiger charge is 2.43. The Kier molecular flexibility index (Phi) is 3.11. The van der Waals surface area contributed by atoms with Gasteiger partial charge in [-0.25, -0.2) is 9.59 Å². The van der Waals surface area contributed by atoms with Crippen molar-refractivity contribution in [3.8, 4) is 0 Å². The van der Waals surface area contributed by atoms with Gasteiger partial charge in [-0.1, -0.05) is 0 Å². The van der Waals surface area contributed by atoms with E-state index >= 15 is 0 Å². The normalized spacial score (nSPS) is 21.1.